The number of aliphatic carboxylic acids is 1. The lowest BCUT2D eigenvalue weighted by atomic mass is 9.99. The fourth-order valence-corrected chi connectivity index (χ4v) is 3.86. The second-order valence-electron chi connectivity index (χ2n) is 9.25. The summed E-state index contributed by atoms with van der Waals surface area (Å²) in [7, 11) is 3.40. The van der Waals surface area contributed by atoms with Crippen molar-refractivity contribution < 1.29 is 37.8 Å². The van der Waals surface area contributed by atoms with Gasteiger partial charge in [0.2, 0.25) is 0 Å². The predicted molar refractivity (Wildman–Crippen MR) is 153 cm³/mol. The summed E-state index contributed by atoms with van der Waals surface area (Å²) in [6, 6.07) is 20.4. The molecule has 220 valence electrons. The fourth-order valence-electron chi connectivity index (χ4n) is 3.86. The number of carbonyl (C=O) groups is 3. The molecule has 0 aliphatic rings. The molecular formula is C30H29F3N4O5. The molecule has 4 rings (SSSR count). The van der Waals surface area contributed by atoms with E-state index in [0.29, 0.717) is 17.8 Å². The number of allylic oxidation sites excluding steroid dienone is 1. The number of hydrogen-bond donors (Lipinski definition) is 3. The Balaban J connectivity index is 0.000000616. The summed E-state index contributed by atoms with van der Waals surface area (Å²) in [5.41, 5.74) is 5.32. The lowest BCUT2D eigenvalue weighted by Gasteiger charge is -2.13. The van der Waals surface area contributed by atoms with Gasteiger partial charge < -0.3 is 25.0 Å². The minimum Gasteiger partial charge on any atom is -0.478 e. The molecule has 0 radical (unpaired) electrons. The van der Waals surface area contributed by atoms with E-state index in [1.54, 1.807) is 26.2 Å². The molecule has 0 saturated heterocycles. The van der Waals surface area contributed by atoms with Crippen LogP contribution in [0.2, 0.25) is 0 Å². The Bertz CT molecular complexity index is 1610. The van der Waals surface area contributed by atoms with Crippen LogP contribution in [0.4, 0.5) is 23.7 Å². The van der Waals surface area contributed by atoms with Gasteiger partial charge in [-0.05, 0) is 53.5 Å². The summed E-state index contributed by atoms with van der Waals surface area (Å²) in [6.07, 6.45) is -0.112. The molecule has 0 fully saturated rings. The van der Waals surface area contributed by atoms with Gasteiger partial charge in [-0.25, -0.2) is 19.4 Å². The maximum Gasteiger partial charge on any atom is 0.490 e. The number of carbonyl (C=O) groups excluding carboxylic acids is 1. The number of urea groups is 1. The third-order valence-corrected chi connectivity index (χ3v) is 5.94. The third kappa shape index (κ3) is 7.96. The van der Waals surface area contributed by atoms with Crippen molar-refractivity contribution in [2.45, 2.75) is 26.1 Å². The molecule has 0 atom stereocenters. The van der Waals surface area contributed by atoms with Crippen molar-refractivity contribution >= 4 is 40.8 Å². The molecule has 0 saturated carbocycles. The highest BCUT2D eigenvalue weighted by Crippen LogP contribution is 2.26. The first kappa shape index (κ1) is 31.4. The summed E-state index contributed by atoms with van der Waals surface area (Å²) in [5, 5.41) is 19.5. The number of carboxylic acid groups (broad SMARTS) is 2. The summed E-state index contributed by atoms with van der Waals surface area (Å²) < 4.78 is 33.9. The van der Waals surface area contributed by atoms with Crippen LogP contribution in [0, 0.1) is 0 Å². The highest BCUT2D eigenvalue weighted by Gasteiger charge is 2.38. The maximum absolute atomic E-state index is 12.1. The van der Waals surface area contributed by atoms with Gasteiger partial charge in [0.25, 0.3) is 0 Å². The SMILES string of the molecule is CC/C=C/c1nc2ccc(NC(=O)N(C)C)cc2n1Cc1ccc(-c2ccccc2C(=O)O)cc1.O=C(O)C(F)(F)F. The van der Waals surface area contributed by atoms with E-state index in [1.807, 2.05) is 60.7 Å². The quantitative estimate of drug-likeness (QED) is 0.226. The molecule has 1 heterocycles. The van der Waals surface area contributed by atoms with E-state index in [4.69, 9.17) is 14.9 Å². The van der Waals surface area contributed by atoms with Crippen LogP contribution in [-0.2, 0) is 11.3 Å². The number of anilines is 1. The number of amides is 2. The predicted octanol–water partition coefficient (Wildman–Crippen LogP) is 6.60. The molecule has 2 amide bonds. The Labute approximate surface area is 239 Å². The van der Waals surface area contributed by atoms with Gasteiger partial charge in [-0.1, -0.05) is 55.5 Å². The third-order valence-electron chi connectivity index (χ3n) is 5.94. The van der Waals surface area contributed by atoms with Crippen LogP contribution in [0.25, 0.3) is 28.2 Å². The molecule has 4 aromatic rings. The van der Waals surface area contributed by atoms with Crippen molar-refractivity contribution in [1.82, 2.24) is 14.5 Å². The number of benzene rings is 3. The number of carboxylic acids is 2. The van der Waals surface area contributed by atoms with Crippen molar-refractivity contribution in [1.29, 1.82) is 0 Å². The monoisotopic (exact) mass is 582 g/mol. The standard InChI is InChI=1S/C28H28N4O3.C2HF3O2/c1-4-5-10-26-30-24-16-15-21(29-28(35)31(2)3)17-25(24)32(26)18-19-11-13-20(14-12-19)22-8-6-7-9-23(22)27(33)34;3-2(4,5)1(6)7/h5-17H,4,18H2,1-3H3,(H,29,35)(H,33,34);(H,6,7)/b10-5+;. The van der Waals surface area contributed by atoms with Gasteiger partial charge in [-0.2, -0.15) is 13.2 Å². The van der Waals surface area contributed by atoms with Crippen LogP contribution >= 0.6 is 0 Å². The second kappa shape index (κ2) is 13.5. The number of rotatable bonds is 7. The molecule has 0 aliphatic heterocycles. The molecule has 3 aromatic carbocycles. The Hall–Kier alpha value is -5.13. The van der Waals surface area contributed by atoms with Crippen molar-refractivity contribution in [3.63, 3.8) is 0 Å². The van der Waals surface area contributed by atoms with Gasteiger partial charge in [0.05, 0.1) is 16.6 Å². The van der Waals surface area contributed by atoms with Gasteiger partial charge in [0.1, 0.15) is 5.82 Å². The van der Waals surface area contributed by atoms with Crippen LogP contribution < -0.4 is 5.32 Å². The highest BCUT2D eigenvalue weighted by molar-refractivity contribution is 5.96. The smallest absolute Gasteiger partial charge is 0.478 e. The zero-order valence-corrected chi connectivity index (χ0v) is 23.0. The lowest BCUT2D eigenvalue weighted by molar-refractivity contribution is -0.192. The Kier molecular flexibility index (Phi) is 10.1. The summed E-state index contributed by atoms with van der Waals surface area (Å²) in [6.45, 7) is 2.65. The summed E-state index contributed by atoms with van der Waals surface area (Å²) in [5.74, 6) is -2.87. The first-order chi connectivity index (χ1) is 19.8. The van der Waals surface area contributed by atoms with Gasteiger partial charge in [0, 0.05) is 26.3 Å². The van der Waals surface area contributed by atoms with Gasteiger partial charge in [-0.15, -0.1) is 0 Å². The van der Waals surface area contributed by atoms with E-state index in [-0.39, 0.29) is 11.6 Å². The average Bonchev–Trinajstić information content (AvgIpc) is 3.28. The second-order valence-corrected chi connectivity index (χ2v) is 9.25. The number of alkyl halides is 3. The number of fused-ring (bicyclic) bond motifs is 1. The van der Waals surface area contributed by atoms with Crippen molar-refractivity contribution in [2.24, 2.45) is 0 Å². The molecule has 9 nitrogen and oxygen atoms in total. The topological polar surface area (TPSA) is 125 Å². The van der Waals surface area contributed by atoms with E-state index in [9.17, 15) is 27.9 Å². The van der Waals surface area contributed by atoms with E-state index < -0.39 is 18.1 Å². The van der Waals surface area contributed by atoms with Gasteiger partial charge in [0.15, 0.2) is 0 Å². The van der Waals surface area contributed by atoms with Crippen molar-refractivity contribution in [3.8, 4) is 11.1 Å². The van der Waals surface area contributed by atoms with Crippen LogP contribution in [0.5, 0.6) is 0 Å². The summed E-state index contributed by atoms with van der Waals surface area (Å²) >= 11 is 0. The van der Waals surface area contributed by atoms with E-state index >= 15 is 0 Å². The number of nitrogens with one attached hydrogen (secondary N) is 1. The summed E-state index contributed by atoms with van der Waals surface area (Å²) in [4.78, 5) is 38.9. The fraction of sp³-hybridized carbons (Fsp3) is 0.200. The molecular weight excluding hydrogens is 553 g/mol. The lowest BCUT2D eigenvalue weighted by Crippen LogP contribution is -2.27. The van der Waals surface area contributed by atoms with Crippen LogP contribution in [0.15, 0.2) is 72.8 Å². The normalized spacial score (nSPS) is 11.2. The van der Waals surface area contributed by atoms with Gasteiger partial charge in [-0.3, -0.25) is 0 Å². The molecule has 0 aliphatic carbocycles. The minimum absolute atomic E-state index is 0.196. The maximum atomic E-state index is 12.1. The zero-order valence-electron chi connectivity index (χ0n) is 23.0. The Morgan fingerprint density at radius 3 is 2.21 bits per heavy atom. The van der Waals surface area contributed by atoms with Crippen molar-refractivity contribution in [2.75, 3.05) is 19.4 Å². The van der Waals surface area contributed by atoms with Crippen LogP contribution in [0.3, 0.4) is 0 Å². The molecule has 12 heteroatoms. The molecule has 0 unspecified atom stereocenters. The Morgan fingerprint density at radius 2 is 1.64 bits per heavy atom. The van der Waals surface area contributed by atoms with Crippen LogP contribution in [0.1, 0.15) is 35.1 Å². The number of aromatic carboxylic acids is 1. The number of halogens is 3. The highest BCUT2D eigenvalue weighted by atomic mass is 19.4. The van der Waals surface area contributed by atoms with Crippen LogP contribution in [-0.4, -0.2) is 62.9 Å². The first-order valence-electron chi connectivity index (χ1n) is 12.7. The van der Waals surface area contributed by atoms with Gasteiger partial charge >= 0.3 is 24.1 Å². The molecule has 1 aromatic heterocycles. The van der Waals surface area contributed by atoms with E-state index in [1.165, 1.54) is 4.90 Å². The molecule has 0 bridgehead atoms. The zero-order chi connectivity index (χ0) is 31.0. The minimum atomic E-state index is -5.08. The number of imidazole rings is 1. The van der Waals surface area contributed by atoms with E-state index in [2.05, 4.69) is 22.9 Å². The molecule has 3 N–H and O–H groups in total. The van der Waals surface area contributed by atoms with Crippen molar-refractivity contribution in [3.05, 3.63) is 89.8 Å². The number of nitrogens with zero attached hydrogens (tertiary/aromatic N) is 3. The molecule has 42 heavy (non-hydrogen) atoms. The Morgan fingerprint density at radius 1 is 1.00 bits per heavy atom. The number of aromatic nitrogens is 2. The number of hydrogen-bond acceptors (Lipinski definition) is 4. The first-order valence-corrected chi connectivity index (χ1v) is 12.7. The largest absolute Gasteiger partial charge is 0.490 e. The molecule has 0 spiro atoms. The average molecular weight is 583 g/mol. The van der Waals surface area contributed by atoms with E-state index in [0.717, 1.165) is 34.4 Å².